The molecule has 0 aliphatic carbocycles. The summed E-state index contributed by atoms with van der Waals surface area (Å²) in [5, 5.41) is 9.04. The van der Waals surface area contributed by atoms with E-state index in [1.54, 1.807) is 12.1 Å². The maximum absolute atomic E-state index is 13.6. The molecule has 96 valence electrons. The lowest BCUT2D eigenvalue weighted by Gasteiger charge is -2.21. The van der Waals surface area contributed by atoms with Crippen molar-refractivity contribution in [1.82, 2.24) is 0 Å². The summed E-state index contributed by atoms with van der Waals surface area (Å²) in [6.07, 6.45) is 0. The monoisotopic (exact) mass is 318 g/mol. The fourth-order valence-corrected chi connectivity index (χ4v) is 2.32. The van der Waals surface area contributed by atoms with E-state index in [4.69, 9.17) is 5.26 Å². The van der Waals surface area contributed by atoms with Crippen LogP contribution in [0.4, 0.5) is 10.1 Å². The summed E-state index contributed by atoms with van der Waals surface area (Å²) in [6, 6.07) is 14.4. The van der Waals surface area contributed by atoms with E-state index in [1.165, 1.54) is 6.07 Å². The molecule has 0 spiro atoms. The highest BCUT2D eigenvalue weighted by atomic mass is 79.9. The molecule has 0 amide bonds. The fourth-order valence-electron chi connectivity index (χ4n) is 1.91. The lowest BCUT2D eigenvalue weighted by molar-refractivity contribution is 0.623. The van der Waals surface area contributed by atoms with Gasteiger partial charge in [-0.3, -0.25) is 0 Å². The molecule has 19 heavy (non-hydrogen) atoms. The first-order valence-electron chi connectivity index (χ1n) is 5.76. The molecule has 0 unspecified atom stereocenters. The average Bonchev–Trinajstić information content (AvgIpc) is 2.41. The van der Waals surface area contributed by atoms with Gasteiger partial charge in [0.1, 0.15) is 17.4 Å². The number of halogens is 2. The molecule has 0 saturated heterocycles. The van der Waals surface area contributed by atoms with E-state index in [0.29, 0.717) is 12.2 Å². The largest absolute Gasteiger partial charge is 0.369 e. The van der Waals surface area contributed by atoms with Gasteiger partial charge in [-0.15, -0.1) is 0 Å². The highest BCUT2D eigenvalue weighted by molar-refractivity contribution is 9.10. The Morgan fingerprint density at radius 1 is 1.21 bits per heavy atom. The minimum Gasteiger partial charge on any atom is -0.369 e. The van der Waals surface area contributed by atoms with Crippen LogP contribution in [0, 0.1) is 17.1 Å². The molecule has 0 bridgehead atoms. The SMILES string of the molecule is CN(Cc1ccccc1Br)c1cccc(F)c1C#N. The lowest BCUT2D eigenvalue weighted by atomic mass is 10.1. The van der Waals surface area contributed by atoms with E-state index >= 15 is 0 Å². The van der Waals surface area contributed by atoms with Crippen LogP contribution in [0.2, 0.25) is 0 Å². The molecule has 2 rings (SSSR count). The second kappa shape index (κ2) is 5.85. The number of benzene rings is 2. The van der Waals surface area contributed by atoms with Crippen LogP contribution in [0.25, 0.3) is 0 Å². The second-order valence-electron chi connectivity index (χ2n) is 4.19. The Bertz CT molecular complexity index is 634. The number of nitrogens with zero attached hydrogens (tertiary/aromatic N) is 2. The smallest absolute Gasteiger partial charge is 0.143 e. The zero-order valence-electron chi connectivity index (χ0n) is 10.4. The van der Waals surface area contributed by atoms with Crippen molar-refractivity contribution in [2.45, 2.75) is 6.54 Å². The van der Waals surface area contributed by atoms with Gasteiger partial charge in [0.25, 0.3) is 0 Å². The van der Waals surface area contributed by atoms with Crippen molar-refractivity contribution in [1.29, 1.82) is 5.26 Å². The second-order valence-corrected chi connectivity index (χ2v) is 5.05. The van der Waals surface area contributed by atoms with Gasteiger partial charge in [0.15, 0.2) is 0 Å². The standard InChI is InChI=1S/C15H12BrFN2/c1-19(10-11-5-2-3-6-13(11)16)15-8-4-7-14(17)12(15)9-18/h2-8H,10H2,1H3. The highest BCUT2D eigenvalue weighted by Crippen LogP contribution is 2.25. The zero-order chi connectivity index (χ0) is 13.8. The summed E-state index contributed by atoms with van der Waals surface area (Å²) >= 11 is 3.48. The maximum Gasteiger partial charge on any atom is 0.143 e. The molecule has 0 fully saturated rings. The molecule has 0 saturated carbocycles. The maximum atomic E-state index is 13.6. The predicted molar refractivity (Wildman–Crippen MR) is 77.4 cm³/mol. The van der Waals surface area contributed by atoms with Crippen molar-refractivity contribution in [2.75, 3.05) is 11.9 Å². The molecular formula is C15H12BrFN2. The van der Waals surface area contributed by atoms with Crippen LogP contribution < -0.4 is 4.90 Å². The highest BCUT2D eigenvalue weighted by Gasteiger charge is 2.12. The van der Waals surface area contributed by atoms with Crippen LogP contribution in [0.1, 0.15) is 11.1 Å². The van der Waals surface area contributed by atoms with Crippen LogP contribution >= 0.6 is 15.9 Å². The minimum atomic E-state index is -0.487. The van der Waals surface area contributed by atoms with Crippen molar-refractivity contribution in [3.05, 3.63) is 63.9 Å². The molecule has 0 aromatic heterocycles. The van der Waals surface area contributed by atoms with E-state index in [1.807, 2.05) is 42.3 Å². The number of hydrogen-bond acceptors (Lipinski definition) is 2. The van der Waals surface area contributed by atoms with E-state index < -0.39 is 5.82 Å². The van der Waals surface area contributed by atoms with Crippen molar-refractivity contribution >= 4 is 21.6 Å². The van der Waals surface area contributed by atoms with Gasteiger partial charge in [-0.05, 0) is 23.8 Å². The summed E-state index contributed by atoms with van der Waals surface area (Å²) in [7, 11) is 1.84. The van der Waals surface area contributed by atoms with Gasteiger partial charge >= 0.3 is 0 Å². The molecule has 4 heteroatoms. The first kappa shape index (κ1) is 13.6. The summed E-state index contributed by atoms with van der Waals surface area (Å²) in [4.78, 5) is 1.86. The van der Waals surface area contributed by atoms with Crippen LogP contribution in [-0.2, 0) is 6.54 Å². The minimum absolute atomic E-state index is 0.0806. The molecule has 0 aliphatic rings. The van der Waals surface area contributed by atoms with Crippen LogP contribution in [0.3, 0.4) is 0 Å². The normalized spacial score (nSPS) is 10.0. The van der Waals surface area contributed by atoms with E-state index in [0.717, 1.165) is 10.0 Å². The molecule has 0 atom stereocenters. The van der Waals surface area contributed by atoms with E-state index in [-0.39, 0.29) is 5.56 Å². The molecule has 2 nitrogen and oxygen atoms in total. The van der Waals surface area contributed by atoms with Gasteiger partial charge in [0, 0.05) is 18.1 Å². The van der Waals surface area contributed by atoms with E-state index in [9.17, 15) is 4.39 Å². The Kier molecular flexibility index (Phi) is 4.18. The van der Waals surface area contributed by atoms with Crippen molar-refractivity contribution in [3.63, 3.8) is 0 Å². The van der Waals surface area contributed by atoms with Crippen LogP contribution in [0.15, 0.2) is 46.9 Å². The number of rotatable bonds is 3. The summed E-state index contributed by atoms with van der Waals surface area (Å²) in [6.45, 7) is 0.597. The molecule has 0 N–H and O–H groups in total. The zero-order valence-corrected chi connectivity index (χ0v) is 12.0. The Morgan fingerprint density at radius 3 is 2.63 bits per heavy atom. The third-order valence-corrected chi connectivity index (χ3v) is 3.65. The van der Waals surface area contributed by atoms with Gasteiger partial charge < -0.3 is 4.90 Å². The first-order chi connectivity index (χ1) is 9.13. The van der Waals surface area contributed by atoms with Gasteiger partial charge in [-0.25, -0.2) is 4.39 Å². The molecule has 0 heterocycles. The molecule has 0 aliphatic heterocycles. The van der Waals surface area contributed by atoms with Gasteiger partial charge in [0.2, 0.25) is 0 Å². The lowest BCUT2D eigenvalue weighted by Crippen LogP contribution is -2.18. The number of hydrogen-bond donors (Lipinski definition) is 0. The molecule has 2 aromatic carbocycles. The fraction of sp³-hybridized carbons (Fsp3) is 0.133. The Hall–Kier alpha value is -1.86. The van der Waals surface area contributed by atoms with E-state index in [2.05, 4.69) is 15.9 Å². The number of nitriles is 1. The molecule has 2 aromatic rings. The van der Waals surface area contributed by atoms with Crippen LogP contribution in [0.5, 0.6) is 0 Å². The summed E-state index contributed by atoms with van der Waals surface area (Å²) < 4.78 is 14.6. The Balaban J connectivity index is 2.31. The van der Waals surface area contributed by atoms with Gasteiger partial charge in [-0.1, -0.05) is 40.2 Å². The Morgan fingerprint density at radius 2 is 1.95 bits per heavy atom. The summed E-state index contributed by atoms with van der Waals surface area (Å²) in [5.41, 5.74) is 1.76. The average molecular weight is 319 g/mol. The molecular weight excluding hydrogens is 307 g/mol. The van der Waals surface area contributed by atoms with Crippen molar-refractivity contribution in [2.24, 2.45) is 0 Å². The van der Waals surface area contributed by atoms with Gasteiger partial charge in [-0.2, -0.15) is 5.26 Å². The third-order valence-electron chi connectivity index (χ3n) is 2.88. The third kappa shape index (κ3) is 2.94. The number of anilines is 1. The molecule has 0 radical (unpaired) electrons. The van der Waals surface area contributed by atoms with Gasteiger partial charge in [0.05, 0.1) is 5.69 Å². The van der Waals surface area contributed by atoms with Crippen molar-refractivity contribution < 1.29 is 4.39 Å². The van der Waals surface area contributed by atoms with Crippen molar-refractivity contribution in [3.8, 4) is 6.07 Å². The Labute approximate surface area is 120 Å². The quantitative estimate of drug-likeness (QED) is 0.852. The predicted octanol–water partition coefficient (Wildman–Crippen LogP) is 4.10. The summed E-state index contributed by atoms with van der Waals surface area (Å²) in [5.74, 6) is -0.487. The first-order valence-corrected chi connectivity index (χ1v) is 6.56. The topological polar surface area (TPSA) is 27.0 Å². The van der Waals surface area contributed by atoms with Crippen LogP contribution in [-0.4, -0.2) is 7.05 Å².